The van der Waals surface area contributed by atoms with E-state index in [0.29, 0.717) is 11.8 Å². The number of rotatable bonds is 6. The summed E-state index contributed by atoms with van der Waals surface area (Å²) in [5, 5.41) is 12.8. The summed E-state index contributed by atoms with van der Waals surface area (Å²) in [5.41, 5.74) is 1.02. The smallest absolute Gasteiger partial charge is 0.206 e. The Morgan fingerprint density at radius 1 is 1.32 bits per heavy atom. The van der Waals surface area contributed by atoms with Gasteiger partial charge in [-0.15, -0.1) is 10.2 Å². The van der Waals surface area contributed by atoms with Gasteiger partial charge in [-0.25, -0.2) is 4.39 Å². The summed E-state index contributed by atoms with van der Waals surface area (Å²) in [6, 6.07) is 6.44. The van der Waals surface area contributed by atoms with Crippen LogP contribution in [0.25, 0.3) is 0 Å². The van der Waals surface area contributed by atoms with Crippen molar-refractivity contribution in [1.29, 1.82) is 0 Å². The lowest BCUT2D eigenvalue weighted by molar-refractivity contribution is 0.627. The van der Waals surface area contributed by atoms with Crippen molar-refractivity contribution in [2.24, 2.45) is 0 Å². The van der Waals surface area contributed by atoms with Crippen molar-refractivity contribution in [3.05, 3.63) is 35.6 Å². The Labute approximate surface area is 120 Å². The van der Waals surface area contributed by atoms with Gasteiger partial charge in [0, 0.05) is 11.8 Å². The van der Waals surface area contributed by atoms with Crippen LogP contribution in [-0.2, 0) is 6.54 Å². The maximum atomic E-state index is 12.8. The summed E-state index contributed by atoms with van der Waals surface area (Å²) in [7, 11) is 0. The highest BCUT2D eigenvalue weighted by molar-refractivity contribution is 8.01. The van der Waals surface area contributed by atoms with E-state index in [9.17, 15) is 4.39 Å². The van der Waals surface area contributed by atoms with E-state index in [4.69, 9.17) is 0 Å². The molecule has 1 aromatic carbocycles. The first-order chi connectivity index (χ1) is 9.17. The minimum atomic E-state index is -0.216. The van der Waals surface area contributed by atoms with E-state index in [2.05, 4.69) is 29.4 Å². The van der Waals surface area contributed by atoms with Crippen LogP contribution < -0.4 is 5.32 Å². The molecule has 3 nitrogen and oxygen atoms in total. The molecular weight excluding hydrogens is 281 g/mol. The molecule has 0 aliphatic carbocycles. The lowest BCUT2D eigenvalue weighted by Crippen LogP contribution is -1.98. The second-order valence-corrected chi connectivity index (χ2v) is 6.85. The van der Waals surface area contributed by atoms with Gasteiger partial charge in [0.15, 0.2) is 4.34 Å². The Hall–Kier alpha value is -1.14. The standard InChI is InChI=1S/C13H16FN3S2/c1-3-9(2)18-13-17-16-12(19-13)15-8-10-4-6-11(14)7-5-10/h4-7,9H,3,8H2,1-2H3,(H,15,16). The molecule has 0 aliphatic heterocycles. The highest BCUT2D eigenvalue weighted by atomic mass is 32.2. The highest BCUT2D eigenvalue weighted by Gasteiger charge is 2.08. The molecule has 6 heteroatoms. The Morgan fingerprint density at radius 3 is 2.74 bits per heavy atom. The molecular formula is C13H16FN3S2. The van der Waals surface area contributed by atoms with Crippen molar-refractivity contribution >= 4 is 28.2 Å². The maximum Gasteiger partial charge on any atom is 0.206 e. The molecule has 2 rings (SSSR count). The zero-order valence-corrected chi connectivity index (χ0v) is 12.5. The monoisotopic (exact) mass is 297 g/mol. The maximum absolute atomic E-state index is 12.8. The molecule has 1 atom stereocenters. The second-order valence-electron chi connectivity index (χ2n) is 4.19. The van der Waals surface area contributed by atoms with Crippen molar-refractivity contribution in [2.45, 2.75) is 36.4 Å². The van der Waals surface area contributed by atoms with Gasteiger partial charge in [0.2, 0.25) is 5.13 Å². The van der Waals surface area contributed by atoms with Gasteiger partial charge >= 0.3 is 0 Å². The molecule has 0 aliphatic rings. The third kappa shape index (κ3) is 4.47. The van der Waals surface area contributed by atoms with Gasteiger partial charge in [0.05, 0.1) is 0 Å². The van der Waals surface area contributed by atoms with Crippen LogP contribution in [0.5, 0.6) is 0 Å². The normalized spacial score (nSPS) is 12.4. The minimum absolute atomic E-state index is 0.216. The molecule has 0 amide bonds. The molecule has 0 radical (unpaired) electrons. The summed E-state index contributed by atoms with van der Waals surface area (Å²) in [5.74, 6) is -0.216. The SMILES string of the molecule is CCC(C)Sc1nnc(NCc2ccc(F)cc2)s1. The van der Waals surface area contributed by atoms with Crippen LogP contribution in [0.1, 0.15) is 25.8 Å². The number of hydrogen-bond acceptors (Lipinski definition) is 5. The quantitative estimate of drug-likeness (QED) is 0.812. The van der Waals surface area contributed by atoms with Crippen molar-refractivity contribution in [3.8, 4) is 0 Å². The third-order valence-electron chi connectivity index (χ3n) is 2.64. The van der Waals surface area contributed by atoms with Gasteiger partial charge in [-0.1, -0.05) is 49.1 Å². The number of halogens is 1. The first kappa shape index (κ1) is 14.3. The fourth-order valence-corrected chi connectivity index (χ4v) is 3.36. The third-order valence-corrected chi connectivity index (χ3v) is 4.87. The Kier molecular flexibility index (Phi) is 5.15. The topological polar surface area (TPSA) is 37.8 Å². The zero-order valence-electron chi connectivity index (χ0n) is 10.9. The van der Waals surface area contributed by atoms with Crippen LogP contribution in [0.3, 0.4) is 0 Å². The van der Waals surface area contributed by atoms with Gasteiger partial charge in [-0.2, -0.15) is 0 Å². The number of benzene rings is 1. The van der Waals surface area contributed by atoms with E-state index in [1.165, 1.54) is 12.1 Å². The first-order valence-corrected chi connectivity index (χ1v) is 7.85. The highest BCUT2D eigenvalue weighted by Crippen LogP contribution is 2.30. The molecule has 0 bridgehead atoms. The number of nitrogens with one attached hydrogen (secondary N) is 1. The van der Waals surface area contributed by atoms with E-state index >= 15 is 0 Å². The molecule has 19 heavy (non-hydrogen) atoms. The molecule has 2 aromatic rings. The predicted octanol–water partition coefficient (Wildman–Crippen LogP) is 4.18. The summed E-state index contributed by atoms with van der Waals surface area (Å²) in [6.45, 7) is 4.97. The molecule has 1 heterocycles. The Morgan fingerprint density at radius 2 is 2.05 bits per heavy atom. The summed E-state index contributed by atoms with van der Waals surface area (Å²) in [4.78, 5) is 0. The van der Waals surface area contributed by atoms with Gasteiger partial charge in [-0.05, 0) is 24.1 Å². The summed E-state index contributed by atoms with van der Waals surface area (Å²) < 4.78 is 13.7. The van der Waals surface area contributed by atoms with E-state index in [1.54, 1.807) is 35.2 Å². The van der Waals surface area contributed by atoms with Crippen LogP contribution in [0.4, 0.5) is 9.52 Å². The first-order valence-electron chi connectivity index (χ1n) is 6.16. The lowest BCUT2D eigenvalue weighted by atomic mass is 10.2. The summed E-state index contributed by atoms with van der Waals surface area (Å²) >= 11 is 3.30. The molecule has 0 fully saturated rings. The molecule has 102 valence electrons. The predicted molar refractivity (Wildman–Crippen MR) is 79.2 cm³/mol. The number of thioether (sulfide) groups is 1. The average molecular weight is 297 g/mol. The fraction of sp³-hybridized carbons (Fsp3) is 0.385. The van der Waals surface area contributed by atoms with E-state index < -0.39 is 0 Å². The van der Waals surface area contributed by atoms with Gasteiger partial charge in [0.25, 0.3) is 0 Å². The number of anilines is 1. The summed E-state index contributed by atoms with van der Waals surface area (Å²) in [6.07, 6.45) is 1.11. The van der Waals surface area contributed by atoms with Crippen molar-refractivity contribution < 1.29 is 4.39 Å². The molecule has 1 aromatic heterocycles. The average Bonchev–Trinajstić information content (AvgIpc) is 2.85. The van der Waals surface area contributed by atoms with Crippen molar-refractivity contribution in [1.82, 2.24) is 10.2 Å². The van der Waals surface area contributed by atoms with E-state index in [-0.39, 0.29) is 5.82 Å². The lowest BCUT2D eigenvalue weighted by Gasteiger charge is -2.03. The van der Waals surface area contributed by atoms with Gasteiger partial charge in [-0.3, -0.25) is 0 Å². The van der Waals surface area contributed by atoms with Gasteiger partial charge in [0.1, 0.15) is 5.82 Å². The number of hydrogen-bond donors (Lipinski definition) is 1. The Balaban J connectivity index is 1.88. The van der Waals surface area contributed by atoms with Crippen LogP contribution in [0.15, 0.2) is 28.6 Å². The van der Waals surface area contributed by atoms with Crippen LogP contribution >= 0.6 is 23.1 Å². The van der Waals surface area contributed by atoms with E-state index in [0.717, 1.165) is 21.5 Å². The molecule has 0 saturated heterocycles. The largest absolute Gasteiger partial charge is 0.356 e. The molecule has 0 spiro atoms. The molecule has 1 N–H and O–H groups in total. The minimum Gasteiger partial charge on any atom is -0.356 e. The second kappa shape index (κ2) is 6.86. The number of aromatic nitrogens is 2. The Bertz CT molecular complexity index is 513. The van der Waals surface area contributed by atoms with Crippen molar-refractivity contribution in [2.75, 3.05) is 5.32 Å². The fourth-order valence-electron chi connectivity index (χ4n) is 1.36. The van der Waals surface area contributed by atoms with Crippen LogP contribution in [0, 0.1) is 5.82 Å². The number of nitrogens with zero attached hydrogens (tertiary/aromatic N) is 2. The van der Waals surface area contributed by atoms with Crippen LogP contribution in [-0.4, -0.2) is 15.4 Å². The van der Waals surface area contributed by atoms with E-state index in [1.807, 2.05) is 0 Å². The van der Waals surface area contributed by atoms with Crippen LogP contribution in [0.2, 0.25) is 0 Å². The van der Waals surface area contributed by atoms with Gasteiger partial charge < -0.3 is 5.32 Å². The van der Waals surface area contributed by atoms with Crippen molar-refractivity contribution in [3.63, 3.8) is 0 Å². The zero-order chi connectivity index (χ0) is 13.7. The molecule has 0 saturated carbocycles. The molecule has 1 unspecified atom stereocenters.